The average molecular weight is 351 g/mol. The van der Waals surface area contributed by atoms with Crippen LogP contribution in [0, 0.1) is 6.92 Å². The van der Waals surface area contributed by atoms with Crippen LogP contribution in [-0.2, 0) is 11.3 Å². The molecule has 0 spiro atoms. The Morgan fingerprint density at radius 2 is 1.96 bits per heavy atom. The molecule has 0 radical (unpaired) electrons. The first kappa shape index (κ1) is 18.0. The van der Waals surface area contributed by atoms with Gasteiger partial charge < -0.3 is 19.5 Å². The van der Waals surface area contributed by atoms with Crippen LogP contribution < -0.4 is 10.2 Å². The van der Waals surface area contributed by atoms with Crippen LogP contribution >= 0.6 is 0 Å². The molecule has 5 heteroatoms. The van der Waals surface area contributed by atoms with E-state index < -0.39 is 0 Å². The van der Waals surface area contributed by atoms with Crippen molar-refractivity contribution >= 4 is 28.2 Å². The number of nitrogens with one attached hydrogen (secondary N) is 1. The van der Waals surface area contributed by atoms with Crippen molar-refractivity contribution in [2.75, 3.05) is 38.0 Å². The van der Waals surface area contributed by atoms with Crippen molar-refractivity contribution < 1.29 is 9.53 Å². The zero-order valence-corrected chi connectivity index (χ0v) is 15.7. The molecule has 0 bridgehead atoms. The van der Waals surface area contributed by atoms with Crippen LogP contribution in [0.2, 0.25) is 0 Å². The molecule has 0 atom stereocenters. The van der Waals surface area contributed by atoms with Gasteiger partial charge in [0, 0.05) is 56.2 Å². The van der Waals surface area contributed by atoms with Crippen molar-refractivity contribution in [2.24, 2.45) is 0 Å². The number of carbonyl (C=O) groups is 1. The van der Waals surface area contributed by atoms with Crippen LogP contribution in [0.25, 0.3) is 10.9 Å². The summed E-state index contributed by atoms with van der Waals surface area (Å²) in [5.41, 5.74) is 4.68. The molecule has 1 N–H and O–H groups in total. The molecular formula is C21H25N3O2. The number of rotatable bonds is 6. The van der Waals surface area contributed by atoms with Crippen LogP contribution in [0.15, 0.2) is 48.7 Å². The van der Waals surface area contributed by atoms with Gasteiger partial charge in [-0.05, 0) is 36.8 Å². The van der Waals surface area contributed by atoms with Gasteiger partial charge in [-0.15, -0.1) is 0 Å². The van der Waals surface area contributed by atoms with Crippen molar-refractivity contribution in [3.05, 3.63) is 59.8 Å². The van der Waals surface area contributed by atoms with Crippen LogP contribution in [-0.4, -0.2) is 38.3 Å². The second-order valence-corrected chi connectivity index (χ2v) is 6.59. The Labute approximate surface area is 154 Å². The van der Waals surface area contributed by atoms with Gasteiger partial charge in [-0.3, -0.25) is 4.79 Å². The van der Waals surface area contributed by atoms with Gasteiger partial charge in [-0.25, -0.2) is 0 Å². The maximum absolute atomic E-state index is 12.9. The molecule has 2 aromatic carbocycles. The number of amides is 1. The van der Waals surface area contributed by atoms with E-state index in [0.717, 1.165) is 27.8 Å². The SMILES string of the molecule is COCCn1cc(C(=O)Nc2ccc(N(C)C)cc2C)c2ccccc21. The third-order valence-corrected chi connectivity index (χ3v) is 4.54. The van der Waals surface area contributed by atoms with Crippen molar-refractivity contribution in [3.8, 4) is 0 Å². The lowest BCUT2D eigenvalue weighted by molar-refractivity contribution is 0.102. The van der Waals surface area contributed by atoms with E-state index in [1.165, 1.54) is 0 Å². The Bertz CT molecular complexity index is 928. The van der Waals surface area contributed by atoms with Crippen molar-refractivity contribution in [3.63, 3.8) is 0 Å². The monoisotopic (exact) mass is 351 g/mol. The molecule has 136 valence electrons. The number of ether oxygens (including phenoxy) is 1. The number of hydrogen-bond donors (Lipinski definition) is 1. The average Bonchev–Trinajstić information content (AvgIpc) is 3.00. The van der Waals surface area contributed by atoms with Crippen LogP contribution in [0.4, 0.5) is 11.4 Å². The maximum Gasteiger partial charge on any atom is 0.257 e. The molecule has 1 aromatic heterocycles. The summed E-state index contributed by atoms with van der Waals surface area (Å²) in [4.78, 5) is 15.0. The van der Waals surface area contributed by atoms with E-state index >= 15 is 0 Å². The Balaban J connectivity index is 1.91. The Kier molecular flexibility index (Phi) is 5.28. The van der Waals surface area contributed by atoms with Crippen LogP contribution in [0.5, 0.6) is 0 Å². The molecule has 0 aliphatic rings. The van der Waals surface area contributed by atoms with Crippen molar-refractivity contribution in [2.45, 2.75) is 13.5 Å². The summed E-state index contributed by atoms with van der Waals surface area (Å²) in [6.45, 7) is 3.32. The fourth-order valence-electron chi connectivity index (χ4n) is 3.06. The number of hydrogen-bond acceptors (Lipinski definition) is 3. The minimum Gasteiger partial charge on any atom is -0.383 e. The maximum atomic E-state index is 12.9. The summed E-state index contributed by atoms with van der Waals surface area (Å²) in [6, 6.07) is 14.0. The molecule has 0 unspecified atom stereocenters. The quantitative estimate of drug-likeness (QED) is 0.732. The predicted octanol–water partition coefficient (Wildman–Crippen LogP) is 3.91. The summed E-state index contributed by atoms with van der Waals surface area (Å²) in [7, 11) is 5.68. The molecule has 0 aliphatic heterocycles. The molecule has 0 aliphatic carbocycles. The number of methoxy groups -OCH3 is 1. The van der Waals surface area contributed by atoms with E-state index in [4.69, 9.17) is 4.74 Å². The van der Waals surface area contributed by atoms with Gasteiger partial charge in [0.05, 0.1) is 12.2 Å². The van der Waals surface area contributed by atoms with E-state index in [0.29, 0.717) is 18.7 Å². The van der Waals surface area contributed by atoms with Gasteiger partial charge in [0.15, 0.2) is 0 Å². The highest BCUT2D eigenvalue weighted by Gasteiger charge is 2.16. The lowest BCUT2D eigenvalue weighted by Crippen LogP contribution is -2.14. The normalized spacial score (nSPS) is 10.9. The lowest BCUT2D eigenvalue weighted by Gasteiger charge is -2.15. The Morgan fingerprint density at radius 1 is 1.19 bits per heavy atom. The molecule has 3 rings (SSSR count). The smallest absolute Gasteiger partial charge is 0.257 e. The van der Waals surface area contributed by atoms with Crippen molar-refractivity contribution in [1.29, 1.82) is 0 Å². The zero-order chi connectivity index (χ0) is 18.7. The Morgan fingerprint density at radius 3 is 2.65 bits per heavy atom. The first-order valence-electron chi connectivity index (χ1n) is 8.67. The van der Waals surface area contributed by atoms with E-state index in [9.17, 15) is 4.79 Å². The number of aromatic nitrogens is 1. The lowest BCUT2D eigenvalue weighted by atomic mass is 10.1. The van der Waals surface area contributed by atoms with E-state index in [-0.39, 0.29) is 5.91 Å². The number of aryl methyl sites for hydroxylation is 1. The van der Waals surface area contributed by atoms with Crippen LogP contribution in [0.3, 0.4) is 0 Å². The largest absolute Gasteiger partial charge is 0.383 e. The molecule has 0 saturated carbocycles. The molecule has 3 aromatic rings. The number of para-hydroxylation sites is 1. The number of benzene rings is 2. The molecule has 0 saturated heterocycles. The predicted molar refractivity (Wildman–Crippen MR) is 107 cm³/mol. The van der Waals surface area contributed by atoms with Gasteiger partial charge >= 0.3 is 0 Å². The van der Waals surface area contributed by atoms with Gasteiger partial charge in [-0.2, -0.15) is 0 Å². The molecule has 1 amide bonds. The third kappa shape index (κ3) is 3.58. The summed E-state index contributed by atoms with van der Waals surface area (Å²) in [5.74, 6) is -0.0990. The van der Waals surface area contributed by atoms with E-state index in [1.54, 1.807) is 7.11 Å². The Hall–Kier alpha value is -2.79. The van der Waals surface area contributed by atoms with Crippen LogP contribution in [0.1, 0.15) is 15.9 Å². The van der Waals surface area contributed by atoms with Gasteiger partial charge in [-0.1, -0.05) is 18.2 Å². The number of fused-ring (bicyclic) bond motifs is 1. The third-order valence-electron chi connectivity index (χ3n) is 4.54. The fourth-order valence-corrected chi connectivity index (χ4v) is 3.06. The topological polar surface area (TPSA) is 46.5 Å². The molecule has 26 heavy (non-hydrogen) atoms. The summed E-state index contributed by atoms with van der Waals surface area (Å²) >= 11 is 0. The minimum absolute atomic E-state index is 0.0990. The number of anilines is 2. The number of nitrogens with zero attached hydrogens (tertiary/aromatic N) is 2. The molecule has 0 fully saturated rings. The standard InChI is InChI=1S/C21H25N3O2/c1-15-13-16(23(2)3)9-10-19(15)22-21(25)18-14-24(11-12-26-4)20-8-6-5-7-17(18)20/h5-10,13-14H,11-12H2,1-4H3,(H,22,25). The highest BCUT2D eigenvalue weighted by molar-refractivity contribution is 6.13. The first-order valence-corrected chi connectivity index (χ1v) is 8.67. The van der Waals surface area contributed by atoms with E-state index in [1.807, 2.05) is 68.5 Å². The highest BCUT2D eigenvalue weighted by atomic mass is 16.5. The summed E-state index contributed by atoms with van der Waals surface area (Å²) < 4.78 is 7.25. The zero-order valence-electron chi connectivity index (χ0n) is 15.7. The van der Waals surface area contributed by atoms with Gasteiger partial charge in [0.2, 0.25) is 0 Å². The molecule has 5 nitrogen and oxygen atoms in total. The summed E-state index contributed by atoms with van der Waals surface area (Å²) in [5, 5.41) is 4.00. The highest BCUT2D eigenvalue weighted by Crippen LogP contribution is 2.25. The van der Waals surface area contributed by atoms with Gasteiger partial charge in [0.25, 0.3) is 5.91 Å². The van der Waals surface area contributed by atoms with Gasteiger partial charge in [0.1, 0.15) is 0 Å². The summed E-state index contributed by atoms with van der Waals surface area (Å²) in [6.07, 6.45) is 1.91. The minimum atomic E-state index is -0.0990. The van der Waals surface area contributed by atoms with E-state index in [2.05, 4.69) is 16.0 Å². The fraction of sp³-hybridized carbons (Fsp3) is 0.286. The second kappa shape index (κ2) is 7.62. The van der Waals surface area contributed by atoms with Crippen molar-refractivity contribution in [1.82, 2.24) is 4.57 Å². The molecular weight excluding hydrogens is 326 g/mol. The first-order chi connectivity index (χ1) is 12.5. The molecule has 1 heterocycles. The second-order valence-electron chi connectivity index (χ2n) is 6.59. The number of carbonyl (C=O) groups excluding carboxylic acids is 1.